The molecule has 70 heavy (non-hydrogen) atoms. The van der Waals surface area contributed by atoms with Gasteiger partial charge in [-0.1, -0.05) is 30.5 Å². The number of pyridine rings is 1. The van der Waals surface area contributed by atoms with E-state index in [0.717, 1.165) is 25.3 Å². The summed E-state index contributed by atoms with van der Waals surface area (Å²) in [5, 5.41) is 13.8. The monoisotopic (exact) mass is 1050 g/mol. The third-order valence-electron chi connectivity index (χ3n) is 11.3. The lowest BCUT2D eigenvalue weighted by molar-refractivity contribution is -0.141. The summed E-state index contributed by atoms with van der Waals surface area (Å²) in [6.45, 7) is 1.42. The first kappa shape index (κ1) is 53.5. The minimum absolute atomic E-state index is 0.00395. The Morgan fingerprint density at radius 1 is 1.07 bits per heavy atom. The highest BCUT2D eigenvalue weighted by molar-refractivity contribution is 8.00. The number of amides is 2. The van der Waals surface area contributed by atoms with Crippen molar-refractivity contribution in [3.8, 4) is 23.0 Å². The number of hydrogen-bond donors (Lipinski definition) is 4. The number of nitrogens with two attached hydrogens (primary N) is 2. The van der Waals surface area contributed by atoms with Gasteiger partial charge in [-0.3, -0.25) is 24.7 Å². The van der Waals surface area contributed by atoms with Crippen molar-refractivity contribution < 1.29 is 57.7 Å². The van der Waals surface area contributed by atoms with E-state index >= 15 is 8.78 Å². The Balaban J connectivity index is 1.60. The van der Waals surface area contributed by atoms with Gasteiger partial charge in [-0.2, -0.15) is 40.2 Å². The number of carbonyl (C=O) groups excluding carboxylic acids is 2. The van der Waals surface area contributed by atoms with Crippen molar-refractivity contribution in [2.24, 2.45) is 28.3 Å². The molecule has 26 heteroatoms. The molecule has 2 aliphatic rings. The number of thioether (sulfide) groups is 1. The minimum Gasteiger partial charge on any atom is -0.394 e. The van der Waals surface area contributed by atoms with Crippen molar-refractivity contribution in [3.63, 3.8) is 0 Å². The summed E-state index contributed by atoms with van der Waals surface area (Å²) in [5.41, 5.74) is 5.53. The van der Waals surface area contributed by atoms with Gasteiger partial charge in [-0.05, 0) is 74.3 Å². The number of likely N-dealkylation sites (tertiary alicyclic amines) is 1. The molecule has 1 aliphatic heterocycles. The molecular formula is C44H43ClF10N10O3S2. The van der Waals surface area contributed by atoms with Gasteiger partial charge in [0.2, 0.25) is 11.8 Å². The summed E-state index contributed by atoms with van der Waals surface area (Å²) >= 11 is 8.09. The first-order valence-corrected chi connectivity index (χ1v) is 23.9. The molecule has 3 atom stereocenters. The molecular weight excluding hydrogens is 1010 g/mol. The number of halogens is 11. The number of aliphatic imine (C=N–C) groups is 1. The van der Waals surface area contributed by atoms with Crippen LogP contribution < -0.4 is 21.1 Å². The van der Waals surface area contributed by atoms with Gasteiger partial charge in [-0.25, -0.2) is 22.3 Å². The molecule has 2 aromatic heterocycles. The van der Waals surface area contributed by atoms with Crippen molar-refractivity contribution in [1.29, 1.82) is 5.41 Å². The molecule has 2 amide bonds. The maximum absolute atomic E-state index is 15.2. The summed E-state index contributed by atoms with van der Waals surface area (Å²) < 4.78 is 159. The molecule has 2 aromatic carbocycles. The Morgan fingerprint density at radius 3 is 2.27 bits per heavy atom. The third kappa shape index (κ3) is 11.8. The lowest BCUT2D eigenvalue weighted by atomic mass is 9.93. The van der Waals surface area contributed by atoms with E-state index in [1.807, 2.05) is 0 Å². The molecule has 0 spiro atoms. The van der Waals surface area contributed by atoms with Crippen LogP contribution in [-0.2, 0) is 33.5 Å². The van der Waals surface area contributed by atoms with Crippen LogP contribution in [0.5, 0.6) is 0 Å². The molecule has 1 saturated heterocycles. The quantitative estimate of drug-likeness (QED) is 0.0475. The predicted octanol–water partition coefficient (Wildman–Crippen LogP) is 7.83. The van der Waals surface area contributed by atoms with Gasteiger partial charge < -0.3 is 21.7 Å². The molecule has 2 unspecified atom stereocenters. The van der Waals surface area contributed by atoms with E-state index in [0.29, 0.717) is 15.1 Å². The normalized spacial score (nSPS) is 18.5. The average Bonchev–Trinajstić information content (AvgIpc) is 3.68. The van der Waals surface area contributed by atoms with Crippen molar-refractivity contribution >= 4 is 74.6 Å². The Morgan fingerprint density at radius 2 is 1.70 bits per heavy atom. The maximum Gasteiger partial charge on any atom is 0.431 e. The van der Waals surface area contributed by atoms with E-state index < -0.39 is 130 Å². The Labute approximate surface area is 405 Å². The summed E-state index contributed by atoms with van der Waals surface area (Å²) in [5.74, 6) is -5.51. The second-order valence-corrected chi connectivity index (χ2v) is 20.0. The molecule has 2 fully saturated rings. The van der Waals surface area contributed by atoms with Crippen LogP contribution in [0, 0.1) is 40.7 Å². The minimum atomic E-state index is -5.24. The zero-order chi connectivity index (χ0) is 52.0. The fourth-order valence-corrected chi connectivity index (χ4v) is 9.05. The van der Waals surface area contributed by atoms with E-state index in [9.17, 15) is 48.9 Å². The second-order valence-electron chi connectivity index (χ2n) is 17.0. The largest absolute Gasteiger partial charge is 0.431 e. The molecule has 1 aliphatic carbocycles. The standard InChI is InChI=1S/C44H43ClF10N10O3S2/c1-21-16-42(48,49)37(32(21)36(56)44(53,54)55)59-17-31(66)61-30(14-22-12-24(46)15-25(47)13-22)34-27(7-6-26(60-34)10-11-41(2,3)69-4)28-8-9-29(45)33-35(28)64(20-43(50,51)52)62-38(33)65(70(5)68)39(67)23-18-63(19-23)40(57)58/h6-9,12-13,15,21,23,30H,14,16-20,56H2,1-5H3,(H3,57,58)(H,61,66)/b36-32-,59-37?/t21-,30?,70?/m0/s1. The number of anilines is 1. The van der Waals surface area contributed by atoms with Gasteiger partial charge in [0.15, 0.2) is 11.8 Å². The molecule has 3 heterocycles. The maximum atomic E-state index is 15.2. The summed E-state index contributed by atoms with van der Waals surface area (Å²) in [6.07, 6.45) is -9.05. The lowest BCUT2D eigenvalue weighted by Crippen LogP contribution is -2.58. The Kier molecular flexibility index (Phi) is 15.4. The number of carbonyl (C=O) groups is 2. The second kappa shape index (κ2) is 20.1. The van der Waals surface area contributed by atoms with Crippen molar-refractivity contribution in [2.45, 2.75) is 69.2 Å². The van der Waals surface area contributed by atoms with E-state index in [4.69, 9.17) is 28.5 Å². The smallest absolute Gasteiger partial charge is 0.394 e. The zero-order valence-corrected chi connectivity index (χ0v) is 39.9. The molecule has 1 saturated carbocycles. The van der Waals surface area contributed by atoms with Crippen molar-refractivity contribution in [1.82, 2.24) is 25.0 Å². The van der Waals surface area contributed by atoms with Crippen LogP contribution in [0.15, 0.2) is 58.7 Å². The van der Waals surface area contributed by atoms with Crippen molar-refractivity contribution in [3.05, 3.63) is 87.3 Å². The van der Waals surface area contributed by atoms with Gasteiger partial charge in [0, 0.05) is 48.5 Å². The molecule has 0 bridgehead atoms. The van der Waals surface area contributed by atoms with Gasteiger partial charge in [-0.15, -0.1) is 11.8 Å². The molecule has 0 radical (unpaired) electrons. The average molecular weight is 1050 g/mol. The van der Waals surface area contributed by atoms with Crippen LogP contribution in [0.4, 0.5) is 49.7 Å². The molecule has 376 valence electrons. The van der Waals surface area contributed by atoms with Gasteiger partial charge >= 0.3 is 12.4 Å². The van der Waals surface area contributed by atoms with E-state index in [-0.39, 0.29) is 57.5 Å². The number of benzene rings is 2. The fourth-order valence-electron chi connectivity index (χ4n) is 7.89. The molecule has 13 nitrogen and oxygen atoms in total. The van der Waals surface area contributed by atoms with Crippen LogP contribution in [-0.4, -0.2) is 103 Å². The van der Waals surface area contributed by atoms with Gasteiger partial charge in [0.25, 0.3) is 5.92 Å². The lowest BCUT2D eigenvalue weighted by Gasteiger charge is -2.39. The van der Waals surface area contributed by atoms with E-state index in [1.54, 1.807) is 20.1 Å². The summed E-state index contributed by atoms with van der Waals surface area (Å²) in [7, 11) is -2.29. The van der Waals surface area contributed by atoms with Crippen LogP contribution in [0.2, 0.25) is 5.02 Å². The van der Waals surface area contributed by atoms with Crippen LogP contribution in [0.25, 0.3) is 22.0 Å². The molecule has 6 rings (SSSR count). The zero-order valence-electron chi connectivity index (χ0n) is 37.6. The van der Waals surface area contributed by atoms with Crippen LogP contribution in [0.3, 0.4) is 0 Å². The van der Waals surface area contributed by atoms with Gasteiger partial charge in [0.1, 0.15) is 52.8 Å². The van der Waals surface area contributed by atoms with Crippen molar-refractivity contribution in [2.75, 3.05) is 36.5 Å². The number of guanidine groups is 1. The molecule has 6 N–H and O–H groups in total. The highest BCUT2D eigenvalue weighted by Crippen LogP contribution is 2.45. The number of nitrogens with one attached hydrogen (secondary N) is 2. The first-order chi connectivity index (χ1) is 32.4. The van der Waals surface area contributed by atoms with Crippen LogP contribution >= 0.6 is 23.4 Å². The summed E-state index contributed by atoms with van der Waals surface area (Å²) in [4.78, 5) is 37.5. The number of alkyl halides is 8. The SMILES string of the molecule is CSC(C)(C)C#Cc1ccc(-c2ccc(Cl)c3c(N(C(=O)C4CN(C(=N)N)C4)S(C)=O)nn(CC(F)(F)F)c23)c(C(Cc2cc(F)cc(F)c2)NC(=O)CN=C2/C(=C(\N)C(F)(F)F)[C@@H](C)CC2(F)F)n1. The number of aromatic nitrogens is 3. The van der Waals surface area contributed by atoms with E-state index in [2.05, 4.69) is 32.2 Å². The highest BCUT2D eigenvalue weighted by atomic mass is 35.5. The van der Waals surface area contributed by atoms with Crippen LogP contribution in [0.1, 0.15) is 50.2 Å². The molecule has 4 aromatic rings. The number of allylic oxidation sites excluding steroid dienone is 2. The Bertz CT molecular complexity index is 2890. The Hall–Kier alpha value is -5.87. The van der Waals surface area contributed by atoms with Gasteiger partial charge in [0.05, 0.1) is 38.3 Å². The highest BCUT2D eigenvalue weighted by Gasteiger charge is 2.52. The first-order valence-electron chi connectivity index (χ1n) is 20.8. The van der Waals surface area contributed by atoms with E-state index in [1.165, 1.54) is 40.9 Å². The predicted molar refractivity (Wildman–Crippen MR) is 246 cm³/mol. The third-order valence-corrected chi connectivity index (χ3v) is 13.6. The summed E-state index contributed by atoms with van der Waals surface area (Å²) in [6, 6.07) is 5.93. The number of rotatable bonds is 12. The topological polar surface area (TPSA) is 189 Å². The number of hydrogen-bond acceptors (Lipinski definition) is 9. The number of nitrogens with zero attached hydrogens (tertiary/aromatic N) is 6. The fraction of sp³-hybridized carbons (Fsp3) is 0.409. The number of fused-ring (bicyclic) bond motifs is 1.